The number of furan rings is 1. The molecule has 1 saturated heterocycles. The van der Waals surface area contributed by atoms with Crippen molar-refractivity contribution in [1.82, 2.24) is 9.88 Å². The van der Waals surface area contributed by atoms with Crippen LogP contribution in [-0.2, 0) is 4.74 Å². The van der Waals surface area contributed by atoms with Gasteiger partial charge in [0, 0.05) is 6.54 Å². The summed E-state index contributed by atoms with van der Waals surface area (Å²) in [5, 5.41) is 0.773. The van der Waals surface area contributed by atoms with E-state index in [1.54, 1.807) is 0 Å². The monoisotopic (exact) mass is 332 g/mol. The summed E-state index contributed by atoms with van der Waals surface area (Å²) in [5.41, 5.74) is 0.782. The molecule has 2 aliphatic rings. The summed E-state index contributed by atoms with van der Waals surface area (Å²) in [6, 6.07) is 4.05. The molecule has 0 aromatic carbocycles. The molecule has 23 heavy (non-hydrogen) atoms. The number of morpholine rings is 1. The van der Waals surface area contributed by atoms with Gasteiger partial charge in [-0.25, -0.2) is 4.98 Å². The molecule has 0 N–H and O–H groups in total. The average Bonchev–Trinajstić information content (AvgIpc) is 3.25. The lowest BCUT2D eigenvalue weighted by Gasteiger charge is -2.37. The molecule has 3 heterocycles. The molecule has 1 aliphatic heterocycles. The van der Waals surface area contributed by atoms with E-state index < -0.39 is 0 Å². The third kappa shape index (κ3) is 2.60. The van der Waals surface area contributed by atoms with Gasteiger partial charge in [-0.1, -0.05) is 0 Å². The molecule has 1 saturated carbocycles. The van der Waals surface area contributed by atoms with Crippen molar-refractivity contribution in [3.05, 3.63) is 28.5 Å². The molecule has 2 fully saturated rings. The van der Waals surface area contributed by atoms with Crippen LogP contribution in [0.25, 0.3) is 10.8 Å². The lowest BCUT2D eigenvalue weighted by atomic mass is 10.1. The van der Waals surface area contributed by atoms with Crippen molar-refractivity contribution in [2.75, 3.05) is 13.2 Å². The lowest BCUT2D eigenvalue weighted by molar-refractivity contribution is -0.0444. The third-order valence-corrected chi connectivity index (χ3v) is 5.84. The Kier molecular flexibility index (Phi) is 3.73. The number of aromatic nitrogens is 1. The SMILES string of the molecule is Cc1ccc(-c2nc(C)c(C(=O)N3CCO[C@H]4CCC[C@H]43)s2)o1. The van der Waals surface area contributed by atoms with Crippen LogP contribution < -0.4 is 0 Å². The van der Waals surface area contributed by atoms with Crippen LogP contribution in [0.15, 0.2) is 16.5 Å². The summed E-state index contributed by atoms with van der Waals surface area (Å²) in [6.07, 6.45) is 3.46. The van der Waals surface area contributed by atoms with Gasteiger partial charge >= 0.3 is 0 Å². The summed E-state index contributed by atoms with van der Waals surface area (Å²) < 4.78 is 11.4. The van der Waals surface area contributed by atoms with Crippen LogP contribution in [0.2, 0.25) is 0 Å². The molecule has 4 rings (SSSR count). The molecular weight excluding hydrogens is 312 g/mol. The molecule has 5 nitrogen and oxygen atoms in total. The topological polar surface area (TPSA) is 55.6 Å². The number of carbonyl (C=O) groups is 1. The van der Waals surface area contributed by atoms with Gasteiger partial charge in [-0.05, 0) is 45.2 Å². The Hall–Kier alpha value is -1.66. The zero-order chi connectivity index (χ0) is 16.0. The molecule has 122 valence electrons. The summed E-state index contributed by atoms with van der Waals surface area (Å²) in [7, 11) is 0. The molecule has 0 bridgehead atoms. The van der Waals surface area contributed by atoms with Gasteiger partial charge in [0.25, 0.3) is 5.91 Å². The highest BCUT2D eigenvalue weighted by molar-refractivity contribution is 7.17. The normalized spacial score (nSPS) is 24.0. The van der Waals surface area contributed by atoms with Crippen LogP contribution in [0.1, 0.15) is 40.4 Å². The quantitative estimate of drug-likeness (QED) is 0.845. The highest BCUT2D eigenvalue weighted by Crippen LogP contribution is 2.34. The molecule has 0 radical (unpaired) electrons. The van der Waals surface area contributed by atoms with Gasteiger partial charge in [-0.15, -0.1) is 11.3 Å². The van der Waals surface area contributed by atoms with Gasteiger partial charge in [0.05, 0.1) is 24.4 Å². The smallest absolute Gasteiger partial charge is 0.266 e. The first kappa shape index (κ1) is 14.9. The maximum absolute atomic E-state index is 13.0. The van der Waals surface area contributed by atoms with Crippen molar-refractivity contribution >= 4 is 17.2 Å². The number of carbonyl (C=O) groups excluding carboxylic acids is 1. The van der Waals surface area contributed by atoms with E-state index in [2.05, 4.69) is 4.98 Å². The number of nitrogens with zero attached hydrogens (tertiary/aromatic N) is 2. The van der Waals surface area contributed by atoms with E-state index in [4.69, 9.17) is 9.15 Å². The molecule has 2 aromatic rings. The van der Waals surface area contributed by atoms with E-state index in [0.29, 0.717) is 13.2 Å². The minimum atomic E-state index is 0.0923. The predicted molar refractivity (Wildman–Crippen MR) is 87.7 cm³/mol. The minimum Gasteiger partial charge on any atom is -0.459 e. The highest BCUT2D eigenvalue weighted by Gasteiger charge is 2.39. The summed E-state index contributed by atoms with van der Waals surface area (Å²) in [5.74, 6) is 1.67. The zero-order valence-corrected chi connectivity index (χ0v) is 14.2. The number of aryl methyl sites for hydroxylation is 2. The molecule has 1 aliphatic carbocycles. The van der Waals surface area contributed by atoms with Gasteiger partial charge in [0.2, 0.25) is 0 Å². The Morgan fingerprint density at radius 2 is 2.22 bits per heavy atom. The Morgan fingerprint density at radius 1 is 1.35 bits per heavy atom. The molecule has 2 atom stereocenters. The summed E-state index contributed by atoms with van der Waals surface area (Å²) >= 11 is 1.42. The van der Waals surface area contributed by atoms with Crippen LogP contribution in [0.5, 0.6) is 0 Å². The van der Waals surface area contributed by atoms with Crippen molar-refractivity contribution in [3.63, 3.8) is 0 Å². The second-order valence-corrected chi connectivity index (χ2v) is 7.25. The fraction of sp³-hybridized carbons (Fsp3) is 0.529. The molecule has 6 heteroatoms. The van der Waals surface area contributed by atoms with E-state index in [1.807, 2.05) is 30.9 Å². The maximum Gasteiger partial charge on any atom is 0.266 e. The van der Waals surface area contributed by atoms with Crippen molar-refractivity contribution in [2.45, 2.75) is 45.3 Å². The van der Waals surface area contributed by atoms with Gasteiger partial charge < -0.3 is 14.1 Å². The van der Waals surface area contributed by atoms with E-state index in [9.17, 15) is 4.79 Å². The van der Waals surface area contributed by atoms with Crippen LogP contribution in [0, 0.1) is 13.8 Å². The Balaban J connectivity index is 1.62. The average molecular weight is 332 g/mol. The van der Waals surface area contributed by atoms with Gasteiger partial charge in [0.15, 0.2) is 10.8 Å². The number of hydrogen-bond donors (Lipinski definition) is 0. The number of thiazole rings is 1. The molecule has 0 spiro atoms. The summed E-state index contributed by atoms with van der Waals surface area (Å²) in [4.78, 5) is 20.3. The van der Waals surface area contributed by atoms with E-state index in [0.717, 1.165) is 46.4 Å². The first-order valence-electron chi connectivity index (χ1n) is 8.10. The number of amides is 1. The zero-order valence-electron chi connectivity index (χ0n) is 13.4. The molecule has 1 amide bonds. The van der Waals surface area contributed by atoms with Crippen molar-refractivity contribution in [3.8, 4) is 10.8 Å². The van der Waals surface area contributed by atoms with Crippen LogP contribution in [0.3, 0.4) is 0 Å². The highest BCUT2D eigenvalue weighted by atomic mass is 32.1. The number of hydrogen-bond acceptors (Lipinski definition) is 5. The first-order chi connectivity index (χ1) is 11.1. The van der Waals surface area contributed by atoms with Crippen LogP contribution >= 0.6 is 11.3 Å². The lowest BCUT2D eigenvalue weighted by Crippen LogP contribution is -2.51. The minimum absolute atomic E-state index is 0.0923. The van der Waals surface area contributed by atoms with Gasteiger partial charge in [0.1, 0.15) is 10.6 Å². The maximum atomic E-state index is 13.0. The number of fused-ring (bicyclic) bond motifs is 1. The fourth-order valence-electron chi connectivity index (χ4n) is 3.56. The Labute approximate surface area is 139 Å². The standard InChI is InChI=1S/C17H20N2O3S/c1-10-6-7-14(22-10)16-18-11(2)15(23-16)17(20)19-8-9-21-13-5-3-4-12(13)19/h6-7,12-13H,3-5,8-9H2,1-2H3/t12-,13+/m1/s1. The second-order valence-electron chi connectivity index (χ2n) is 6.25. The van der Waals surface area contributed by atoms with E-state index in [-0.39, 0.29) is 18.1 Å². The largest absolute Gasteiger partial charge is 0.459 e. The van der Waals surface area contributed by atoms with Gasteiger partial charge in [-0.2, -0.15) is 0 Å². The predicted octanol–water partition coefficient (Wildman–Crippen LogP) is 3.41. The molecule has 0 unspecified atom stereocenters. The van der Waals surface area contributed by atoms with Gasteiger partial charge in [-0.3, -0.25) is 4.79 Å². The second kappa shape index (κ2) is 5.76. The third-order valence-electron chi connectivity index (χ3n) is 4.68. The van der Waals surface area contributed by atoms with E-state index >= 15 is 0 Å². The van der Waals surface area contributed by atoms with E-state index in [1.165, 1.54) is 11.3 Å². The number of rotatable bonds is 2. The van der Waals surface area contributed by atoms with Crippen molar-refractivity contribution in [2.24, 2.45) is 0 Å². The first-order valence-corrected chi connectivity index (χ1v) is 8.92. The fourth-order valence-corrected chi connectivity index (χ4v) is 4.54. The Bertz CT molecular complexity index is 736. The van der Waals surface area contributed by atoms with Crippen LogP contribution in [-0.4, -0.2) is 41.1 Å². The number of ether oxygens (including phenoxy) is 1. The molecule has 2 aromatic heterocycles. The van der Waals surface area contributed by atoms with Crippen LogP contribution in [0.4, 0.5) is 0 Å². The molecular formula is C17H20N2O3S. The Morgan fingerprint density at radius 3 is 3.00 bits per heavy atom. The summed E-state index contributed by atoms with van der Waals surface area (Å²) in [6.45, 7) is 5.11. The van der Waals surface area contributed by atoms with Crippen molar-refractivity contribution < 1.29 is 13.9 Å². The van der Waals surface area contributed by atoms with Crippen molar-refractivity contribution in [1.29, 1.82) is 0 Å².